The second-order valence-electron chi connectivity index (χ2n) is 42.7. The topological polar surface area (TPSA) is 221 Å². The number of nitrogens with zero attached hydrogens (tertiary/aromatic N) is 6. The first-order valence-electron chi connectivity index (χ1n) is 50.1. The van der Waals surface area contributed by atoms with Gasteiger partial charge in [-0.1, -0.05) is 412 Å². The molecule has 18 nitrogen and oxygen atoms in total. The highest BCUT2D eigenvalue weighted by atomic mass is 79.9. The molecule has 10 atom stereocenters. The number of aliphatic hydroxyl groups excluding tert-OH is 3. The van der Waals surface area contributed by atoms with Gasteiger partial charge in [-0.15, -0.1) is 0 Å². The third-order valence-electron chi connectivity index (χ3n) is 30.8. The van der Waals surface area contributed by atoms with Gasteiger partial charge in [-0.05, 0) is 157 Å². The van der Waals surface area contributed by atoms with E-state index in [1.165, 1.54) is 97.6 Å². The maximum absolute atomic E-state index is 12.2. The molecule has 0 bridgehead atoms. The number of rotatable bonds is 33. The van der Waals surface area contributed by atoms with E-state index in [0.717, 1.165) is 37.6 Å². The predicted octanol–water partition coefficient (Wildman–Crippen LogP) is 18.3. The molecule has 5 fully saturated rings. The Morgan fingerprint density at radius 1 is 0.301 bits per heavy atom. The summed E-state index contributed by atoms with van der Waals surface area (Å²) in [5.41, 5.74) is 7.30. The van der Waals surface area contributed by atoms with E-state index in [1.807, 2.05) is 69.3 Å². The zero-order chi connectivity index (χ0) is 102. The van der Waals surface area contributed by atoms with Gasteiger partial charge in [0.1, 0.15) is 34.3 Å². The molecule has 143 heavy (non-hydrogen) atoms. The van der Waals surface area contributed by atoms with E-state index >= 15 is 0 Å². The van der Waals surface area contributed by atoms with Crippen molar-refractivity contribution in [1.29, 1.82) is 0 Å². The lowest BCUT2D eigenvalue weighted by molar-refractivity contribution is 0.217. The molecule has 14 aromatic rings. The summed E-state index contributed by atoms with van der Waals surface area (Å²) >= 11 is 3.82. The Bertz CT molecular complexity index is 6270. The van der Waals surface area contributed by atoms with Gasteiger partial charge in [0.05, 0.1) is 26.4 Å². The fourth-order valence-electron chi connectivity index (χ4n) is 21.9. The van der Waals surface area contributed by atoms with Gasteiger partial charge in [0.15, 0.2) is 0 Å². The first kappa shape index (κ1) is 106. The Hall–Kier alpha value is -11.6. The summed E-state index contributed by atoms with van der Waals surface area (Å²) < 4.78 is 43.6. The molecule has 19 rings (SSSR count). The molecule has 0 spiro atoms. The minimum atomic E-state index is -2.64. The SMILES string of the molecule is CC(C)(C)[Si](OC[C@@H]1C[C@@]1(CBr)c1ccccc1)(c1ccccc1)c1ccccc1.CC(C)(C)[Si](OC[C@@H]1C[C@@]1(CO)c1ccccc1)(c1ccccc1)c1ccccc1.Cc1nn(C)c(=O)cc1OC[C@@]1(c2ccccc2)C[C@H]1CO.Cc1nn(C)c(=O)cc1OC[C@@]1(c2ccccc2)C[C@H]1CO.Cc1nn(C)c(=O)cc1OC[C@@]1(c2ccccc2)C[C@H]1CO[Si](c1ccccc1)(c1ccccc1)C(C)(C)C. The lowest BCUT2D eigenvalue weighted by atomic mass is 9.94. The Balaban J connectivity index is 0.000000137. The van der Waals surface area contributed by atoms with Crippen molar-refractivity contribution < 1.29 is 42.8 Å². The third kappa shape index (κ3) is 22.6. The molecule has 5 saturated carbocycles. The Labute approximate surface area is 856 Å². The van der Waals surface area contributed by atoms with Crippen LogP contribution in [0.4, 0.5) is 0 Å². The summed E-state index contributed by atoms with van der Waals surface area (Å²) in [6, 6.07) is 122. The lowest BCUT2D eigenvalue weighted by Crippen LogP contribution is -2.66. The number of aliphatic hydroxyl groups is 3. The fourth-order valence-corrected chi connectivity index (χ4v) is 36.7. The number of hydrogen-bond acceptors (Lipinski definition) is 15. The molecule has 3 aromatic heterocycles. The number of benzene rings is 11. The van der Waals surface area contributed by atoms with Crippen molar-refractivity contribution in [2.24, 2.45) is 50.7 Å². The van der Waals surface area contributed by atoms with Crippen molar-refractivity contribution in [3.63, 3.8) is 0 Å². The number of alkyl halides is 1. The molecule has 5 aliphatic rings. The number of ether oxygens (including phenoxy) is 3. The molecule has 3 N–H and O–H groups in total. The molecule has 5 aliphatic carbocycles. The average Bonchev–Trinajstić information content (AvgIpc) is 1.66. The van der Waals surface area contributed by atoms with Gasteiger partial charge >= 0.3 is 0 Å². The highest BCUT2D eigenvalue weighted by Gasteiger charge is 2.63. The van der Waals surface area contributed by atoms with Crippen molar-refractivity contribution in [1.82, 2.24) is 29.3 Å². The first-order valence-corrected chi connectivity index (χ1v) is 57.0. The molecule has 22 heteroatoms. The summed E-state index contributed by atoms with van der Waals surface area (Å²) in [6.45, 7) is 30.3. The van der Waals surface area contributed by atoms with Gasteiger partial charge in [-0.25, -0.2) is 14.0 Å². The summed E-state index contributed by atoms with van der Waals surface area (Å²) in [4.78, 5) is 35.7. The highest BCUT2D eigenvalue weighted by Crippen LogP contribution is 2.60. The predicted molar refractivity (Wildman–Crippen MR) is 586 cm³/mol. The van der Waals surface area contributed by atoms with Crippen LogP contribution in [0.1, 0.15) is 139 Å². The number of halogens is 1. The van der Waals surface area contributed by atoms with E-state index in [-0.39, 0.29) is 90.5 Å². The molecule has 11 aromatic carbocycles. The molecule has 0 aliphatic heterocycles. The van der Waals surface area contributed by atoms with Gasteiger partial charge in [-0.3, -0.25) is 14.4 Å². The van der Waals surface area contributed by atoms with Crippen molar-refractivity contribution >= 4 is 72.0 Å². The van der Waals surface area contributed by atoms with Crippen LogP contribution in [-0.4, -0.2) is 134 Å². The van der Waals surface area contributed by atoms with E-state index in [0.29, 0.717) is 85.1 Å². The van der Waals surface area contributed by atoms with E-state index < -0.39 is 25.0 Å². The van der Waals surface area contributed by atoms with Crippen LogP contribution in [0, 0.1) is 50.4 Å². The number of aromatic nitrogens is 6. The standard InChI is InChI=1S/C33H38N2O3Si.C27H31BrOSi.C27H32O2Si.2C17H20N2O3/c1-25-30(21-31(36)35(5)34-25)37-24-33(26-15-9-6-10-16-26)22-27(33)23-38-39(32(2,3)4,28-17-11-7-12-18-28)29-19-13-8-14-20-29;2*1-26(2,3)30(24-15-9-5-10-16-24,25-17-11-6-12-18-25)29-20-23-19-27(23,21-28)22-13-7-4-8-14-22;2*1-12-15(8-16(21)19(2)18-12)22-11-17(9-14(17)10-20)13-6-4-3-5-7-13/h6-21,27H,22-24H2,1-5H3;4-18,23H,19-21H2,1-3H3;4-18,23,28H,19-21H2,1-3H3;2*3-8,14,20H,9-11H2,1-2H3/t27-,33+;2*23-,27+;2*14-,17+/m00000/s1. The van der Waals surface area contributed by atoms with E-state index in [2.05, 4.69) is 379 Å². The van der Waals surface area contributed by atoms with Gasteiger partial charge in [-0.2, -0.15) is 15.3 Å². The van der Waals surface area contributed by atoms with Crippen LogP contribution < -0.4 is 62.0 Å². The maximum atomic E-state index is 12.2. The third-order valence-corrected chi connectivity index (χ3v) is 46.8. The van der Waals surface area contributed by atoms with E-state index in [4.69, 9.17) is 27.5 Å². The van der Waals surface area contributed by atoms with E-state index in [1.54, 1.807) is 21.1 Å². The van der Waals surface area contributed by atoms with Crippen LogP contribution in [0.5, 0.6) is 17.2 Å². The molecule has 0 saturated heterocycles. The number of aryl methyl sites for hydroxylation is 6. The maximum Gasteiger partial charge on any atom is 0.270 e. The van der Waals surface area contributed by atoms with Crippen molar-refractivity contribution in [2.75, 3.05) is 64.8 Å². The Morgan fingerprint density at radius 2 is 0.490 bits per heavy atom. The minimum absolute atomic E-state index is 0.0222. The van der Waals surface area contributed by atoms with Gasteiger partial charge in [0.25, 0.3) is 41.6 Å². The summed E-state index contributed by atoms with van der Waals surface area (Å²) in [5.74, 6) is 3.16. The molecular weight excluding hydrogens is 1890 g/mol. The van der Waals surface area contributed by atoms with Crippen molar-refractivity contribution in [3.8, 4) is 17.2 Å². The zero-order valence-electron chi connectivity index (χ0n) is 85.6. The van der Waals surface area contributed by atoms with Gasteiger partial charge in [0.2, 0.25) is 0 Å². The smallest absolute Gasteiger partial charge is 0.270 e. The normalized spacial score (nSPS) is 21.3. The molecular formula is C121H141BrN6O12Si3. The second-order valence-corrected chi connectivity index (χ2v) is 56.2. The van der Waals surface area contributed by atoms with Crippen LogP contribution in [0.3, 0.4) is 0 Å². The summed E-state index contributed by atoms with van der Waals surface area (Å²) in [6.07, 6.45) is 4.91. The molecule has 0 unspecified atom stereocenters. The van der Waals surface area contributed by atoms with Crippen molar-refractivity contribution in [2.45, 2.75) is 157 Å². The molecule has 0 amide bonds. The van der Waals surface area contributed by atoms with Crippen molar-refractivity contribution in [3.05, 3.63) is 428 Å². The monoisotopic (exact) mass is 2030 g/mol. The zero-order valence-corrected chi connectivity index (χ0v) is 90.1. The molecule has 746 valence electrons. The molecule has 3 heterocycles. The second kappa shape index (κ2) is 44.9. The highest BCUT2D eigenvalue weighted by molar-refractivity contribution is 9.09. The summed E-state index contributed by atoms with van der Waals surface area (Å²) in [5, 5.41) is 50.7. The Kier molecular flexibility index (Phi) is 33.2. The largest absolute Gasteiger partial charge is 0.490 e. The van der Waals surface area contributed by atoms with Crippen LogP contribution in [0.25, 0.3) is 0 Å². The fraction of sp³-hybridized carbons (Fsp3) is 0.355. The quantitative estimate of drug-likeness (QED) is 0.0257. The molecule has 0 radical (unpaired) electrons. The van der Waals surface area contributed by atoms with Crippen LogP contribution in [-0.2, 0) is 61.5 Å². The van der Waals surface area contributed by atoms with Crippen LogP contribution in [0.2, 0.25) is 15.1 Å². The number of hydrogen-bond donors (Lipinski definition) is 3. The minimum Gasteiger partial charge on any atom is -0.490 e. The summed E-state index contributed by atoms with van der Waals surface area (Å²) in [7, 11) is -2.74. The Morgan fingerprint density at radius 3 is 0.706 bits per heavy atom. The van der Waals surface area contributed by atoms with E-state index in [9.17, 15) is 29.7 Å². The van der Waals surface area contributed by atoms with Crippen LogP contribution >= 0.6 is 15.9 Å². The van der Waals surface area contributed by atoms with Gasteiger partial charge < -0.3 is 42.8 Å². The first-order chi connectivity index (χ1) is 68.7. The lowest BCUT2D eigenvalue weighted by Gasteiger charge is -2.43. The van der Waals surface area contributed by atoms with Crippen LogP contribution in [0.15, 0.2) is 366 Å². The average molecular weight is 2040 g/mol. The van der Waals surface area contributed by atoms with Gasteiger partial charge in [0, 0.05) is 105 Å².